The molecule has 0 radical (unpaired) electrons. The highest BCUT2D eigenvalue weighted by atomic mass is 19.1. The van der Waals surface area contributed by atoms with Crippen molar-refractivity contribution in [3.63, 3.8) is 0 Å². The molecule has 1 aromatic carbocycles. The van der Waals surface area contributed by atoms with E-state index in [0.717, 1.165) is 16.8 Å². The van der Waals surface area contributed by atoms with Crippen LogP contribution in [-0.2, 0) is 7.05 Å². The fourth-order valence-corrected chi connectivity index (χ4v) is 2.18. The number of anilines is 1. The molecular weight excluding hydrogens is 255 g/mol. The summed E-state index contributed by atoms with van der Waals surface area (Å²) in [5.74, 6) is 0.203. The van der Waals surface area contributed by atoms with Gasteiger partial charge in [0.15, 0.2) is 0 Å². The summed E-state index contributed by atoms with van der Waals surface area (Å²) >= 11 is 0. The Morgan fingerprint density at radius 1 is 1.10 bits per heavy atom. The van der Waals surface area contributed by atoms with Gasteiger partial charge in [-0.25, -0.2) is 4.39 Å². The van der Waals surface area contributed by atoms with Gasteiger partial charge in [-0.15, -0.1) is 0 Å². The van der Waals surface area contributed by atoms with E-state index in [1.807, 2.05) is 18.2 Å². The minimum atomic E-state index is -0.300. The lowest BCUT2D eigenvalue weighted by Crippen LogP contribution is -1.98. The van der Waals surface area contributed by atoms with Crippen LogP contribution in [0.3, 0.4) is 0 Å². The van der Waals surface area contributed by atoms with E-state index >= 15 is 0 Å². The van der Waals surface area contributed by atoms with Crippen molar-refractivity contribution < 1.29 is 4.39 Å². The van der Waals surface area contributed by atoms with Gasteiger partial charge in [0.05, 0.1) is 5.56 Å². The second-order valence-corrected chi connectivity index (χ2v) is 4.48. The molecule has 0 aliphatic heterocycles. The van der Waals surface area contributed by atoms with E-state index in [2.05, 4.69) is 10.1 Å². The largest absolute Gasteiger partial charge is 0.383 e. The van der Waals surface area contributed by atoms with Crippen LogP contribution in [0.25, 0.3) is 22.4 Å². The number of rotatable bonds is 2. The Balaban J connectivity index is 2.25. The summed E-state index contributed by atoms with van der Waals surface area (Å²) in [5, 5.41) is 4.43. The zero-order valence-electron chi connectivity index (χ0n) is 10.9. The van der Waals surface area contributed by atoms with Crippen molar-refractivity contribution in [3.8, 4) is 22.4 Å². The first-order chi connectivity index (χ1) is 9.66. The molecule has 0 unspecified atom stereocenters. The lowest BCUT2D eigenvalue weighted by molar-refractivity contribution is 0.628. The highest BCUT2D eigenvalue weighted by Crippen LogP contribution is 2.35. The average Bonchev–Trinajstić information content (AvgIpc) is 2.76. The molecule has 5 heteroatoms. The molecule has 0 aliphatic carbocycles. The molecule has 100 valence electrons. The quantitative estimate of drug-likeness (QED) is 0.777. The smallest absolute Gasteiger partial charge is 0.129 e. The summed E-state index contributed by atoms with van der Waals surface area (Å²) in [7, 11) is 1.77. The summed E-state index contributed by atoms with van der Waals surface area (Å²) in [6, 6.07) is 10.0. The van der Waals surface area contributed by atoms with Crippen molar-refractivity contribution in [2.75, 3.05) is 5.73 Å². The van der Waals surface area contributed by atoms with Crippen LogP contribution in [0.1, 0.15) is 0 Å². The van der Waals surface area contributed by atoms with E-state index in [1.54, 1.807) is 30.2 Å². The van der Waals surface area contributed by atoms with E-state index in [-0.39, 0.29) is 5.82 Å². The van der Waals surface area contributed by atoms with Crippen molar-refractivity contribution in [1.82, 2.24) is 14.8 Å². The number of hydrogen-bond donors (Lipinski definition) is 1. The van der Waals surface area contributed by atoms with Gasteiger partial charge < -0.3 is 5.73 Å². The zero-order valence-corrected chi connectivity index (χ0v) is 10.9. The van der Waals surface area contributed by atoms with Crippen LogP contribution in [0.4, 0.5) is 10.2 Å². The Kier molecular flexibility index (Phi) is 2.95. The monoisotopic (exact) mass is 268 g/mol. The van der Waals surface area contributed by atoms with Crippen LogP contribution >= 0.6 is 0 Å². The number of aryl methyl sites for hydroxylation is 1. The van der Waals surface area contributed by atoms with Gasteiger partial charge in [0.25, 0.3) is 0 Å². The Labute approximate surface area is 115 Å². The molecule has 3 rings (SSSR count). The lowest BCUT2D eigenvalue weighted by Gasteiger charge is -2.04. The molecule has 0 amide bonds. The third-order valence-electron chi connectivity index (χ3n) is 3.16. The molecule has 2 heterocycles. The topological polar surface area (TPSA) is 56.7 Å². The molecule has 3 aromatic rings. The molecule has 0 saturated heterocycles. The van der Waals surface area contributed by atoms with Gasteiger partial charge in [-0.05, 0) is 29.8 Å². The fraction of sp³-hybridized carbons (Fsp3) is 0.0667. The van der Waals surface area contributed by atoms with Crippen LogP contribution in [0.5, 0.6) is 0 Å². The second kappa shape index (κ2) is 4.77. The van der Waals surface area contributed by atoms with Crippen molar-refractivity contribution in [3.05, 3.63) is 54.6 Å². The van der Waals surface area contributed by atoms with Gasteiger partial charge in [0.2, 0.25) is 0 Å². The lowest BCUT2D eigenvalue weighted by atomic mass is 10.0. The van der Waals surface area contributed by atoms with Gasteiger partial charge in [0.1, 0.15) is 17.3 Å². The molecule has 0 fully saturated rings. The van der Waals surface area contributed by atoms with E-state index < -0.39 is 0 Å². The first kappa shape index (κ1) is 12.3. The zero-order chi connectivity index (χ0) is 14.1. The average molecular weight is 268 g/mol. The molecule has 2 N–H and O–H groups in total. The summed E-state index contributed by atoms with van der Waals surface area (Å²) in [4.78, 5) is 3.99. The van der Waals surface area contributed by atoms with Crippen LogP contribution in [0.15, 0.2) is 48.8 Å². The predicted octanol–water partition coefficient (Wildman–Crippen LogP) is 2.87. The highest BCUT2D eigenvalue weighted by Gasteiger charge is 2.17. The molecule has 0 bridgehead atoms. The van der Waals surface area contributed by atoms with E-state index in [4.69, 9.17) is 5.73 Å². The van der Waals surface area contributed by atoms with E-state index in [0.29, 0.717) is 11.4 Å². The first-order valence-corrected chi connectivity index (χ1v) is 6.15. The number of halogens is 1. The van der Waals surface area contributed by atoms with Gasteiger partial charge in [-0.1, -0.05) is 12.1 Å². The summed E-state index contributed by atoms with van der Waals surface area (Å²) in [6.45, 7) is 0. The van der Waals surface area contributed by atoms with Crippen molar-refractivity contribution >= 4 is 5.82 Å². The third-order valence-corrected chi connectivity index (χ3v) is 3.16. The van der Waals surface area contributed by atoms with Crippen LogP contribution < -0.4 is 5.73 Å². The normalized spacial score (nSPS) is 10.7. The maximum Gasteiger partial charge on any atom is 0.129 e. The van der Waals surface area contributed by atoms with E-state index in [9.17, 15) is 4.39 Å². The molecule has 20 heavy (non-hydrogen) atoms. The summed E-state index contributed by atoms with van der Waals surface area (Å²) in [5.41, 5.74) is 9.15. The Morgan fingerprint density at radius 3 is 2.55 bits per heavy atom. The molecule has 2 aromatic heterocycles. The first-order valence-electron chi connectivity index (χ1n) is 6.15. The predicted molar refractivity (Wildman–Crippen MR) is 76.2 cm³/mol. The van der Waals surface area contributed by atoms with Gasteiger partial charge in [-0.3, -0.25) is 9.67 Å². The van der Waals surface area contributed by atoms with Gasteiger partial charge in [-0.2, -0.15) is 5.10 Å². The van der Waals surface area contributed by atoms with Gasteiger partial charge >= 0.3 is 0 Å². The Hall–Kier alpha value is -2.69. The maximum atomic E-state index is 13.4. The number of nitrogen functional groups attached to an aromatic ring is 1. The van der Waals surface area contributed by atoms with Crippen molar-refractivity contribution in [2.45, 2.75) is 0 Å². The molecule has 0 spiro atoms. The van der Waals surface area contributed by atoms with Crippen LogP contribution in [-0.4, -0.2) is 14.8 Å². The minimum Gasteiger partial charge on any atom is -0.383 e. The molecule has 0 atom stereocenters. The number of hydrogen-bond acceptors (Lipinski definition) is 3. The van der Waals surface area contributed by atoms with Crippen LogP contribution in [0.2, 0.25) is 0 Å². The molecule has 0 saturated carbocycles. The SMILES string of the molecule is Cn1nc(-c2ccncc2)c(-c2cccc(F)c2)c1N. The number of benzene rings is 1. The second-order valence-electron chi connectivity index (χ2n) is 4.48. The molecule has 4 nitrogen and oxygen atoms in total. The number of pyridine rings is 1. The van der Waals surface area contributed by atoms with Gasteiger partial charge in [0, 0.05) is 25.0 Å². The van der Waals surface area contributed by atoms with Crippen LogP contribution in [0, 0.1) is 5.82 Å². The number of nitrogens with two attached hydrogens (primary N) is 1. The Morgan fingerprint density at radius 2 is 1.85 bits per heavy atom. The van der Waals surface area contributed by atoms with Crippen molar-refractivity contribution in [1.29, 1.82) is 0 Å². The van der Waals surface area contributed by atoms with Crippen molar-refractivity contribution in [2.24, 2.45) is 7.05 Å². The fourth-order valence-electron chi connectivity index (χ4n) is 2.18. The number of aromatic nitrogens is 3. The highest BCUT2D eigenvalue weighted by molar-refractivity contribution is 5.87. The Bertz CT molecular complexity index is 750. The summed E-state index contributed by atoms with van der Waals surface area (Å²) in [6.07, 6.45) is 3.38. The third kappa shape index (κ3) is 2.03. The van der Waals surface area contributed by atoms with E-state index in [1.165, 1.54) is 12.1 Å². The maximum absolute atomic E-state index is 13.4. The summed E-state index contributed by atoms with van der Waals surface area (Å²) < 4.78 is 15.0. The minimum absolute atomic E-state index is 0.300. The number of nitrogens with zero attached hydrogens (tertiary/aromatic N) is 3. The molecular formula is C15H13FN4. The molecule has 0 aliphatic rings. The standard InChI is InChI=1S/C15H13FN4/c1-20-15(17)13(11-3-2-4-12(16)9-11)14(19-20)10-5-7-18-8-6-10/h2-9H,17H2,1H3.